The number of unbranched alkanes of at least 4 members (excludes halogenated alkanes) is 11. The molecule has 0 aromatic heterocycles. The Hall–Kier alpha value is -4.31. The van der Waals surface area contributed by atoms with E-state index in [4.69, 9.17) is 18.9 Å². The second-order valence-corrected chi connectivity index (χ2v) is 17.7. The summed E-state index contributed by atoms with van der Waals surface area (Å²) < 4.78 is 22.7. The van der Waals surface area contributed by atoms with Gasteiger partial charge in [0.1, 0.15) is 13.2 Å². The van der Waals surface area contributed by atoms with Crippen LogP contribution in [0.4, 0.5) is 0 Å². The van der Waals surface area contributed by atoms with Gasteiger partial charge in [0.15, 0.2) is 6.10 Å². The third-order valence-corrected chi connectivity index (χ3v) is 10.2. The van der Waals surface area contributed by atoms with Gasteiger partial charge in [-0.25, -0.2) is 4.79 Å². The van der Waals surface area contributed by atoms with E-state index < -0.39 is 30.3 Å². The minimum atomic E-state index is -1.54. The van der Waals surface area contributed by atoms with E-state index in [1.165, 1.54) is 44.9 Å². The lowest BCUT2D eigenvalue weighted by molar-refractivity contribution is -0.870. The molecule has 0 saturated heterocycles. The molecule has 2 unspecified atom stereocenters. The predicted octanol–water partition coefficient (Wildman–Crippen LogP) is 14.6. The van der Waals surface area contributed by atoms with Gasteiger partial charge in [-0.1, -0.05) is 193 Å². The number of carbonyl (C=O) groups excluding carboxylic acids is 2. The monoisotopic (exact) mass is 933 g/mol. The molecule has 0 saturated carbocycles. The Kier molecular flexibility index (Phi) is 45.1. The van der Waals surface area contributed by atoms with Crippen LogP contribution in [-0.2, 0) is 33.3 Å². The van der Waals surface area contributed by atoms with Crippen molar-refractivity contribution in [2.45, 2.75) is 180 Å². The molecule has 0 bridgehead atoms. The van der Waals surface area contributed by atoms with Crippen molar-refractivity contribution in [2.75, 3.05) is 47.5 Å². The second kappa shape index (κ2) is 48.2. The summed E-state index contributed by atoms with van der Waals surface area (Å²) in [5.41, 5.74) is 0. The number of hydrogen-bond donors (Lipinski definition) is 1. The highest BCUT2D eigenvalue weighted by molar-refractivity contribution is 5.72. The Bertz CT molecular complexity index is 1510. The van der Waals surface area contributed by atoms with Crippen LogP contribution in [0, 0.1) is 0 Å². The highest BCUT2D eigenvalue weighted by Gasteiger charge is 2.25. The van der Waals surface area contributed by atoms with Crippen molar-refractivity contribution in [3.63, 3.8) is 0 Å². The molecule has 0 fully saturated rings. The largest absolute Gasteiger partial charge is 0.477 e. The molecule has 378 valence electrons. The van der Waals surface area contributed by atoms with Crippen molar-refractivity contribution in [1.29, 1.82) is 0 Å². The summed E-state index contributed by atoms with van der Waals surface area (Å²) in [6, 6.07) is 0. The number of likely N-dealkylation sites (N-methyl/N-ethyl adjacent to an activating group) is 1. The fourth-order valence-electron chi connectivity index (χ4n) is 6.35. The summed E-state index contributed by atoms with van der Waals surface area (Å²) in [5.74, 6) is -2.19. The number of carboxylic acid groups (broad SMARTS) is 1. The first-order valence-electron chi connectivity index (χ1n) is 25.7. The van der Waals surface area contributed by atoms with Crippen LogP contribution in [0.15, 0.2) is 122 Å². The minimum absolute atomic E-state index is 0.0629. The molecule has 9 heteroatoms. The number of ether oxygens (including phenoxy) is 4. The van der Waals surface area contributed by atoms with Gasteiger partial charge in [0.05, 0.1) is 40.8 Å². The maximum Gasteiger partial charge on any atom is 0.361 e. The van der Waals surface area contributed by atoms with Crippen LogP contribution < -0.4 is 0 Å². The van der Waals surface area contributed by atoms with Crippen LogP contribution >= 0.6 is 0 Å². The summed E-state index contributed by atoms with van der Waals surface area (Å²) in [6.07, 6.45) is 64.4. The van der Waals surface area contributed by atoms with Crippen molar-refractivity contribution in [3.05, 3.63) is 122 Å². The van der Waals surface area contributed by atoms with Crippen molar-refractivity contribution >= 4 is 17.9 Å². The van der Waals surface area contributed by atoms with Gasteiger partial charge in [0.25, 0.3) is 6.29 Å². The first-order valence-corrected chi connectivity index (χ1v) is 25.7. The molecular weight excluding hydrogens is 839 g/mol. The lowest BCUT2D eigenvalue weighted by Crippen LogP contribution is -2.40. The zero-order valence-electron chi connectivity index (χ0n) is 42.8. The molecule has 0 aliphatic carbocycles. The van der Waals surface area contributed by atoms with Crippen molar-refractivity contribution in [2.24, 2.45) is 0 Å². The van der Waals surface area contributed by atoms with E-state index in [2.05, 4.69) is 117 Å². The molecule has 0 aromatic rings. The minimum Gasteiger partial charge on any atom is -0.477 e. The lowest BCUT2D eigenvalue weighted by Gasteiger charge is -2.25. The van der Waals surface area contributed by atoms with Crippen LogP contribution in [0.5, 0.6) is 0 Å². The Morgan fingerprint density at radius 1 is 0.463 bits per heavy atom. The van der Waals surface area contributed by atoms with Crippen LogP contribution in [0.3, 0.4) is 0 Å². The molecule has 0 aromatic carbocycles. The van der Waals surface area contributed by atoms with E-state index in [0.717, 1.165) is 83.5 Å². The zero-order chi connectivity index (χ0) is 49.2. The fraction of sp³-hybridized carbons (Fsp3) is 0.603. The summed E-state index contributed by atoms with van der Waals surface area (Å²) in [6.45, 7) is 4.50. The molecule has 0 aliphatic rings. The number of aliphatic carboxylic acids is 1. The van der Waals surface area contributed by atoms with Crippen LogP contribution in [0.1, 0.15) is 168 Å². The number of nitrogens with zero attached hydrogens (tertiary/aromatic N) is 1. The zero-order valence-corrected chi connectivity index (χ0v) is 42.8. The van der Waals surface area contributed by atoms with Gasteiger partial charge < -0.3 is 28.5 Å². The van der Waals surface area contributed by atoms with Gasteiger partial charge in [-0.2, -0.15) is 0 Å². The first-order chi connectivity index (χ1) is 32.6. The van der Waals surface area contributed by atoms with E-state index in [1.54, 1.807) is 6.08 Å². The highest BCUT2D eigenvalue weighted by Crippen LogP contribution is 2.14. The standard InChI is InChI=1S/C58H93NO8/c1-6-8-10-12-14-16-18-20-22-23-24-25-26-27-28-29-30-31-32-33-35-37-39-41-43-45-47-49-56(61)67-54(53-66-58(57(62)63)64-51-50-59(3,4)5)52-65-55(60)48-46-44-42-40-38-36-34-21-19-17-15-13-11-9-7-2/h8-11,14-17,20-22,24-25,27-28,34,38,40,44,46,54,58H,6-7,12-13,18-19,23,26,29-33,35-37,39,41-43,45,47-53H2,1-5H3/p+1/b10-8-,11-9-,16-14-,17-15-,22-20-,25-24-,28-27-,34-21-,40-38-,46-44-. The smallest absolute Gasteiger partial charge is 0.361 e. The predicted molar refractivity (Wildman–Crippen MR) is 281 cm³/mol. The van der Waals surface area contributed by atoms with Gasteiger partial charge in [0.2, 0.25) is 0 Å². The summed E-state index contributed by atoms with van der Waals surface area (Å²) in [5, 5.41) is 9.66. The number of hydrogen-bond acceptors (Lipinski definition) is 7. The number of quaternary nitrogens is 1. The highest BCUT2D eigenvalue weighted by atomic mass is 16.7. The number of carboxylic acids is 1. The average Bonchev–Trinajstić information content (AvgIpc) is 3.29. The average molecular weight is 933 g/mol. The van der Waals surface area contributed by atoms with Crippen molar-refractivity contribution in [1.82, 2.24) is 0 Å². The molecule has 0 rings (SSSR count). The SMILES string of the molecule is CC/C=C\C/C=C\C/C=C\C/C=C\C/C=C\CCCCCCCCCCCCCC(=O)OC(COC(=O)C/C=C\C/C=C\C/C=C\C/C=C\C/C=C\CC)COC(OCC[N+](C)(C)C)C(=O)O. The quantitative estimate of drug-likeness (QED) is 0.0211. The molecule has 9 nitrogen and oxygen atoms in total. The molecular formula is C58H94NO8+. The third kappa shape index (κ3) is 49.4. The Morgan fingerprint density at radius 2 is 0.851 bits per heavy atom. The van der Waals surface area contributed by atoms with E-state index in [0.29, 0.717) is 23.9 Å². The van der Waals surface area contributed by atoms with Crippen molar-refractivity contribution in [3.8, 4) is 0 Å². The Balaban J connectivity index is 4.39. The Morgan fingerprint density at radius 3 is 1.27 bits per heavy atom. The lowest BCUT2D eigenvalue weighted by atomic mass is 10.0. The maximum absolute atomic E-state index is 12.8. The van der Waals surface area contributed by atoms with Gasteiger partial charge >= 0.3 is 17.9 Å². The molecule has 67 heavy (non-hydrogen) atoms. The van der Waals surface area contributed by atoms with Crippen molar-refractivity contribution < 1.29 is 42.9 Å². The normalized spacial score (nSPS) is 13.9. The van der Waals surface area contributed by atoms with Crippen LogP contribution in [0.25, 0.3) is 0 Å². The molecule has 0 amide bonds. The fourth-order valence-corrected chi connectivity index (χ4v) is 6.35. The molecule has 0 heterocycles. The molecule has 0 spiro atoms. The second-order valence-electron chi connectivity index (χ2n) is 17.7. The van der Waals surface area contributed by atoms with Crippen LogP contribution in [-0.4, -0.2) is 87.4 Å². The third-order valence-electron chi connectivity index (χ3n) is 10.2. The van der Waals surface area contributed by atoms with E-state index in [1.807, 2.05) is 33.3 Å². The summed E-state index contributed by atoms with van der Waals surface area (Å²) in [4.78, 5) is 37.2. The van der Waals surface area contributed by atoms with Gasteiger partial charge in [-0.3, -0.25) is 9.59 Å². The first kappa shape index (κ1) is 62.7. The maximum atomic E-state index is 12.8. The van der Waals surface area contributed by atoms with Crippen LogP contribution in [0.2, 0.25) is 0 Å². The number of allylic oxidation sites excluding steroid dienone is 19. The number of carbonyl (C=O) groups is 3. The molecule has 1 N–H and O–H groups in total. The van der Waals surface area contributed by atoms with Gasteiger partial charge in [-0.05, 0) is 83.5 Å². The van der Waals surface area contributed by atoms with Gasteiger partial charge in [-0.15, -0.1) is 0 Å². The summed E-state index contributed by atoms with van der Waals surface area (Å²) in [7, 11) is 5.92. The van der Waals surface area contributed by atoms with Gasteiger partial charge in [0, 0.05) is 6.42 Å². The van der Waals surface area contributed by atoms with E-state index >= 15 is 0 Å². The van der Waals surface area contributed by atoms with E-state index in [9.17, 15) is 19.5 Å². The molecule has 0 radical (unpaired) electrons. The number of rotatable bonds is 45. The molecule has 0 aliphatic heterocycles. The summed E-state index contributed by atoms with van der Waals surface area (Å²) >= 11 is 0. The number of esters is 2. The molecule has 2 atom stereocenters. The van der Waals surface area contributed by atoms with E-state index in [-0.39, 0.29) is 32.7 Å². The Labute approximate surface area is 408 Å². The topological polar surface area (TPSA) is 108 Å².